The van der Waals surface area contributed by atoms with Gasteiger partial charge in [0.05, 0.1) is 0 Å². The van der Waals surface area contributed by atoms with Crippen LogP contribution in [-0.2, 0) is 9.05 Å². The fourth-order valence-corrected chi connectivity index (χ4v) is 2.57. The third kappa shape index (κ3) is 5.09. The average molecular weight is 322 g/mol. The van der Waals surface area contributed by atoms with E-state index < -0.39 is 25.7 Å². The molecule has 0 saturated heterocycles. The molecule has 0 aliphatic heterocycles. The van der Waals surface area contributed by atoms with Crippen LogP contribution in [0.2, 0.25) is 0 Å². The largest absolute Gasteiger partial charge is 0.352 e. The molecule has 0 saturated carbocycles. The number of rotatable bonds is 6. The summed E-state index contributed by atoms with van der Waals surface area (Å²) < 4.78 is 35.6. The SMILES string of the molecule is CC(C)CCCNC(=O)c1ccc(F)c(S(=O)(=O)Cl)c1. The number of carbonyl (C=O) groups is 1. The first-order valence-electron chi connectivity index (χ1n) is 6.24. The third-order valence-corrected chi connectivity index (χ3v) is 4.04. The molecule has 1 amide bonds. The molecular weight excluding hydrogens is 305 g/mol. The Labute approximate surface area is 122 Å². The lowest BCUT2D eigenvalue weighted by molar-refractivity contribution is 0.0952. The maximum absolute atomic E-state index is 13.3. The summed E-state index contributed by atoms with van der Waals surface area (Å²) in [7, 11) is 0.894. The molecule has 7 heteroatoms. The second-order valence-electron chi connectivity index (χ2n) is 4.88. The topological polar surface area (TPSA) is 63.2 Å². The third-order valence-electron chi connectivity index (χ3n) is 2.70. The van der Waals surface area contributed by atoms with Gasteiger partial charge in [0.1, 0.15) is 10.7 Å². The Balaban J connectivity index is 2.75. The minimum atomic E-state index is -4.21. The summed E-state index contributed by atoms with van der Waals surface area (Å²) in [5.74, 6) is -0.877. The van der Waals surface area contributed by atoms with E-state index in [-0.39, 0.29) is 5.56 Å². The van der Waals surface area contributed by atoms with Gasteiger partial charge in [-0.2, -0.15) is 0 Å². The molecular formula is C13H17ClFNO3S. The molecule has 0 aliphatic carbocycles. The molecule has 0 unspecified atom stereocenters. The van der Waals surface area contributed by atoms with E-state index in [2.05, 4.69) is 19.2 Å². The first kappa shape index (κ1) is 16.9. The summed E-state index contributed by atoms with van der Waals surface area (Å²) in [5.41, 5.74) is 0.0650. The van der Waals surface area contributed by atoms with Crippen LogP contribution in [0.5, 0.6) is 0 Å². The molecule has 0 aliphatic rings. The van der Waals surface area contributed by atoms with Crippen LogP contribution in [0, 0.1) is 11.7 Å². The van der Waals surface area contributed by atoms with Gasteiger partial charge in [-0.15, -0.1) is 0 Å². The zero-order valence-corrected chi connectivity index (χ0v) is 12.9. The van der Waals surface area contributed by atoms with Gasteiger partial charge in [0.2, 0.25) is 0 Å². The summed E-state index contributed by atoms with van der Waals surface area (Å²) in [6.45, 7) is 4.65. The van der Waals surface area contributed by atoms with Crippen molar-refractivity contribution >= 4 is 25.6 Å². The smallest absolute Gasteiger partial charge is 0.264 e. The van der Waals surface area contributed by atoms with Crippen molar-refractivity contribution in [2.45, 2.75) is 31.6 Å². The van der Waals surface area contributed by atoms with Crippen molar-refractivity contribution < 1.29 is 17.6 Å². The second kappa shape index (κ2) is 7.04. The first-order valence-corrected chi connectivity index (χ1v) is 8.55. The molecule has 0 aromatic heterocycles. The molecule has 0 radical (unpaired) electrons. The van der Waals surface area contributed by atoms with Gasteiger partial charge in [-0.05, 0) is 37.0 Å². The summed E-state index contributed by atoms with van der Waals surface area (Å²) >= 11 is 0. The van der Waals surface area contributed by atoms with Crippen LogP contribution < -0.4 is 5.32 Å². The van der Waals surface area contributed by atoms with Gasteiger partial charge in [-0.25, -0.2) is 12.8 Å². The first-order chi connectivity index (χ1) is 9.21. The highest BCUT2D eigenvalue weighted by Crippen LogP contribution is 2.20. The molecule has 0 atom stereocenters. The van der Waals surface area contributed by atoms with Crippen molar-refractivity contribution in [3.8, 4) is 0 Å². The van der Waals surface area contributed by atoms with Crippen LogP contribution in [0.3, 0.4) is 0 Å². The normalized spacial score (nSPS) is 11.7. The number of hydrogen-bond donors (Lipinski definition) is 1. The fourth-order valence-electron chi connectivity index (χ4n) is 1.65. The van der Waals surface area contributed by atoms with E-state index in [1.807, 2.05) is 0 Å². The van der Waals surface area contributed by atoms with E-state index >= 15 is 0 Å². The van der Waals surface area contributed by atoms with Crippen molar-refractivity contribution in [2.75, 3.05) is 6.54 Å². The maximum Gasteiger partial charge on any atom is 0.264 e. The van der Waals surface area contributed by atoms with E-state index in [9.17, 15) is 17.6 Å². The monoisotopic (exact) mass is 321 g/mol. The van der Waals surface area contributed by atoms with Crippen LogP contribution in [0.4, 0.5) is 4.39 Å². The predicted octanol–water partition coefficient (Wildman–Crippen LogP) is 2.92. The predicted molar refractivity (Wildman–Crippen MR) is 75.8 cm³/mol. The molecule has 4 nitrogen and oxygen atoms in total. The highest BCUT2D eigenvalue weighted by molar-refractivity contribution is 8.13. The molecule has 1 rings (SSSR count). The van der Waals surface area contributed by atoms with E-state index in [0.717, 1.165) is 25.0 Å². The summed E-state index contributed by atoms with van der Waals surface area (Å²) in [6.07, 6.45) is 1.80. The number of amides is 1. The van der Waals surface area contributed by atoms with E-state index in [1.54, 1.807) is 0 Å². The Morgan fingerprint density at radius 1 is 1.40 bits per heavy atom. The Kier molecular flexibility index (Phi) is 5.95. The van der Waals surface area contributed by atoms with Gasteiger partial charge in [0.25, 0.3) is 15.0 Å². The molecule has 1 N–H and O–H groups in total. The molecule has 0 spiro atoms. The minimum Gasteiger partial charge on any atom is -0.352 e. The molecule has 0 fully saturated rings. The lowest BCUT2D eigenvalue weighted by Gasteiger charge is -2.08. The summed E-state index contributed by atoms with van der Waals surface area (Å²) in [6, 6.07) is 3.08. The van der Waals surface area contributed by atoms with Gasteiger partial charge < -0.3 is 5.32 Å². The highest BCUT2D eigenvalue weighted by atomic mass is 35.7. The Morgan fingerprint density at radius 2 is 2.05 bits per heavy atom. The number of nitrogens with one attached hydrogen (secondary N) is 1. The second-order valence-corrected chi connectivity index (χ2v) is 7.41. The Hall–Kier alpha value is -1.14. The number of benzene rings is 1. The van der Waals surface area contributed by atoms with Crippen molar-refractivity contribution in [1.29, 1.82) is 0 Å². The average Bonchev–Trinajstić information content (AvgIpc) is 2.33. The molecule has 1 aromatic carbocycles. The maximum atomic E-state index is 13.3. The minimum absolute atomic E-state index is 0.0650. The fraction of sp³-hybridized carbons (Fsp3) is 0.462. The quantitative estimate of drug-likeness (QED) is 0.647. The summed E-state index contributed by atoms with van der Waals surface area (Å²) in [4.78, 5) is 11.1. The standard InChI is InChI=1S/C13H17ClFNO3S/c1-9(2)4-3-7-16-13(17)10-5-6-11(15)12(8-10)20(14,18)19/h5-6,8-9H,3-4,7H2,1-2H3,(H,16,17). The van der Waals surface area contributed by atoms with Gasteiger partial charge in [-0.3, -0.25) is 4.79 Å². The van der Waals surface area contributed by atoms with Gasteiger partial charge in [0, 0.05) is 22.8 Å². The zero-order valence-electron chi connectivity index (χ0n) is 11.3. The van der Waals surface area contributed by atoms with Gasteiger partial charge in [0.15, 0.2) is 0 Å². The van der Waals surface area contributed by atoms with Crippen molar-refractivity contribution in [3.63, 3.8) is 0 Å². The molecule has 1 aromatic rings. The summed E-state index contributed by atoms with van der Waals surface area (Å²) in [5, 5.41) is 2.65. The van der Waals surface area contributed by atoms with Crippen LogP contribution in [0.25, 0.3) is 0 Å². The molecule has 112 valence electrons. The number of halogens is 2. The molecule has 0 bridgehead atoms. The van der Waals surface area contributed by atoms with Crippen LogP contribution >= 0.6 is 10.7 Å². The Morgan fingerprint density at radius 3 is 2.60 bits per heavy atom. The lowest BCUT2D eigenvalue weighted by atomic mass is 10.1. The van der Waals surface area contributed by atoms with Crippen LogP contribution in [0.1, 0.15) is 37.0 Å². The highest BCUT2D eigenvalue weighted by Gasteiger charge is 2.18. The van der Waals surface area contributed by atoms with Crippen LogP contribution in [0.15, 0.2) is 23.1 Å². The number of carbonyl (C=O) groups excluding carboxylic acids is 1. The Bertz CT molecular complexity index is 587. The van der Waals surface area contributed by atoms with Crippen molar-refractivity contribution in [2.24, 2.45) is 5.92 Å². The van der Waals surface area contributed by atoms with Gasteiger partial charge >= 0.3 is 0 Å². The molecule has 0 heterocycles. The zero-order chi connectivity index (χ0) is 15.3. The van der Waals surface area contributed by atoms with Gasteiger partial charge in [-0.1, -0.05) is 13.8 Å². The van der Waals surface area contributed by atoms with Crippen molar-refractivity contribution in [1.82, 2.24) is 5.32 Å². The van der Waals surface area contributed by atoms with E-state index in [1.165, 1.54) is 6.07 Å². The van der Waals surface area contributed by atoms with Crippen molar-refractivity contribution in [3.05, 3.63) is 29.6 Å². The lowest BCUT2D eigenvalue weighted by Crippen LogP contribution is -2.25. The van der Waals surface area contributed by atoms with Crippen LogP contribution in [-0.4, -0.2) is 20.9 Å². The molecule has 20 heavy (non-hydrogen) atoms. The number of hydrogen-bond acceptors (Lipinski definition) is 3. The van der Waals surface area contributed by atoms with E-state index in [0.29, 0.717) is 12.5 Å². The van der Waals surface area contributed by atoms with E-state index in [4.69, 9.17) is 10.7 Å².